The summed E-state index contributed by atoms with van der Waals surface area (Å²) < 4.78 is 1.53. The zero-order valence-electron chi connectivity index (χ0n) is 24.0. The molecule has 1 unspecified atom stereocenters. The van der Waals surface area contributed by atoms with E-state index in [1.54, 1.807) is 19.3 Å². The molecule has 0 bridgehead atoms. The molecule has 0 radical (unpaired) electrons. The second-order valence-electron chi connectivity index (χ2n) is 13.0. The van der Waals surface area contributed by atoms with Gasteiger partial charge in [-0.15, -0.1) is 0 Å². The topological polar surface area (TPSA) is 108 Å². The van der Waals surface area contributed by atoms with Gasteiger partial charge in [0, 0.05) is 37.4 Å². The number of aromatic nitrogens is 2. The highest BCUT2D eigenvalue weighted by molar-refractivity contribution is 6.00. The van der Waals surface area contributed by atoms with E-state index < -0.39 is 6.04 Å². The number of nitrogens with one attached hydrogen (secondary N) is 3. The van der Waals surface area contributed by atoms with Crippen LogP contribution in [0.4, 0.5) is 10.5 Å². The van der Waals surface area contributed by atoms with Gasteiger partial charge < -0.3 is 20.9 Å². The van der Waals surface area contributed by atoms with Crippen LogP contribution in [0.2, 0.25) is 0 Å². The van der Waals surface area contributed by atoms with E-state index >= 15 is 0 Å². The number of carbonyl (C=O) groups excluding carboxylic acids is 3. The van der Waals surface area contributed by atoms with Gasteiger partial charge in [0.2, 0.25) is 5.91 Å². The van der Waals surface area contributed by atoms with Gasteiger partial charge in [-0.1, -0.05) is 39.2 Å². The van der Waals surface area contributed by atoms with Gasteiger partial charge in [0.25, 0.3) is 5.91 Å². The lowest BCUT2D eigenvalue weighted by Crippen LogP contribution is -2.64. The summed E-state index contributed by atoms with van der Waals surface area (Å²) >= 11 is 0. The second-order valence-corrected chi connectivity index (χ2v) is 13.0. The minimum absolute atomic E-state index is 0.0482. The maximum atomic E-state index is 13.7. The van der Waals surface area contributed by atoms with Gasteiger partial charge in [0.15, 0.2) is 0 Å². The smallest absolute Gasteiger partial charge is 0.317 e. The highest BCUT2D eigenvalue weighted by Crippen LogP contribution is 2.51. The predicted octanol–water partition coefficient (Wildman–Crippen LogP) is 4.04. The van der Waals surface area contributed by atoms with Gasteiger partial charge in [-0.3, -0.25) is 14.3 Å². The number of urea groups is 1. The van der Waals surface area contributed by atoms with Gasteiger partial charge in [-0.25, -0.2) is 4.79 Å². The zero-order valence-corrected chi connectivity index (χ0v) is 24.0. The molecule has 1 aromatic heterocycles. The summed E-state index contributed by atoms with van der Waals surface area (Å²) in [7, 11) is 1.73. The van der Waals surface area contributed by atoms with Crippen molar-refractivity contribution in [2.45, 2.75) is 83.2 Å². The first-order valence-corrected chi connectivity index (χ1v) is 15.0. The molecule has 2 heterocycles. The first-order chi connectivity index (χ1) is 19.2. The number of nitrogens with zero attached hydrogens (tertiary/aromatic N) is 3. The Kier molecular flexibility index (Phi) is 6.87. The van der Waals surface area contributed by atoms with Crippen LogP contribution in [-0.2, 0) is 24.7 Å². The minimum atomic E-state index is -0.613. The lowest BCUT2D eigenvalue weighted by Gasteiger charge is -2.48. The van der Waals surface area contributed by atoms with Crippen molar-refractivity contribution in [3.05, 3.63) is 47.3 Å². The summed E-state index contributed by atoms with van der Waals surface area (Å²) in [5, 5.41) is 13.4. The molecule has 1 spiro atoms. The molecule has 2 aromatic rings. The number of anilines is 1. The Morgan fingerprint density at radius 2 is 1.82 bits per heavy atom. The van der Waals surface area contributed by atoms with Gasteiger partial charge in [-0.05, 0) is 79.7 Å². The fourth-order valence-corrected chi connectivity index (χ4v) is 7.26. The van der Waals surface area contributed by atoms with E-state index in [-0.39, 0.29) is 40.6 Å². The lowest BCUT2D eigenvalue weighted by atomic mass is 9.80. The average Bonchev–Trinajstić information content (AvgIpc) is 3.35. The Bertz CT molecular complexity index is 1310. The van der Waals surface area contributed by atoms with Crippen molar-refractivity contribution in [3.63, 3.8) is 0 Å². The number of amides is 4. The molecule has 1 aliphatic heterocycles. The Balaban J connectivity index is 1.20. The van der Waals surface area contributed by atoms with Crippen LogP contribution in [0.3, 0.4) is 0 Å². The van der Waals surface area contributed by atoms with Gasteiger partial charge >= 0.3 is 6.03 Å². The summed E-state index contributed by atoms with van der Waals surface area (Å²) in [6.07, 6.45) is 10.7. The number of rotatable bonds is 7. The Morgan fingerprint density at radius 3 is 2.50 bits per heavy atom. The van der Waals surface area contributed by atoms with Crippen molar-refractivity contribution in [2.24, 2.45) is 24.3 Å². The molecule has 4 aliphatic rings. The van der Waals surface area contributed by atoms with E-state index in [1.165, 1.54) is 35.1 Å². The standard InChI is InChI=1S/C31H42N6O3/c1-20(2)31(37-19-30(12-13-30)18-32-29(37)40)16-22-9-10-24(15-23(22)17-31)34-28(39)26(21-7-5-4-6-8-21)35-27(38)25-11-14-33-36(25)3/h9-11,14-15,20-21,26H,4-8,12-13,16-19H2,1-3H3,(H,32,40)(H,34,39)(H,35,38)/t26-,31?/m0/s1. The van der Waals surface area contributed by atoms with E-state index in [2.05, 4.69) is 51.9 Å². The summed E-state index contributed by atoms with van der Waals surface area (Å²) in [6.45, 7) is 6.05. The van der Waals surface area contributed by atoms with Crippen molar-refractivity contribution in [3.8, 4) is 0 Å². The van der Waals surface area contributed by atoms with Crippen molar-refractivity contribution in [2.75, 3.05) is 18.4 Å². The van der Waals surface area contributed by atoms with Crippen LogP contribution < -0.4 is 16.0 Å². The van der Waals surface area contributed by atoms with Crippen LogP contribution in [-0.4, -0.2) is 57.2 Å². The monoisotopic (exact) mass is 546 g/mol. The molecule has 1 aromatic carbocycles. The summed E-state index contributed by atoms with van der Waals surface area (Å²) in [4.78, 5) is 42.0. The highest BCUT2D eigenvalue weighted by atomic mass is 16.2. The van der Waals surface area contributed by atoms with Crippen LogP contribution in [0, 0.1) is 17.3 Å². The molecular weight excluding hydrogens is 504 g/mol. The van der Waals surface area contributed by atoms with Gasteiger partial charge in [-0.2, -0.15) is 5.10 Å². The maximum absolute atomic E-state index is 13.7. The van der Waals surface area contributed by atoms with E-state index in [0.717, 1.165) is 57.3 Å². The molecule has 2 atom stereocenters. The molecule has 2 saturated carbocycles. The van der Waals surface area contributed by atoms with E-state index in [0.29, 0.717) is 5.69 Å². The number of fused-ring (bicyclic) bond motifs is 1. The van der Waals surface area contributed by atoms with Gasteiger partial charge in [0.1, 0.15) is 11.7 Å². The molecule has 9 heteroatoms. The molecule has 9 nitrogen and oxygen atoms in total. The van der Waals surface area contributed by atoms with Crippen LogP contribution in [0.25, 0.3) is 0 Å². The van der Waals surface area contributed by atoms with Crippen LogP contribution in [0.15, 0.2) is 30.5 Å². The molecule has 3 N–H and O–H groups in total. The van der Waals surface area contributed by atoms with Crippen molar-refractivity contribution in [1.29, 1.82) is 0 Å². The summed E-state index contributed by atoms with van der Waals surface area (Å²) in [6, 6.07) is 7.25. The number of benzene rings is 1. The first kappa shape index (κ1) is 26.8. The first-order valence-electron chi connectivity index (χ1n) is 15.0. The summed E-state index contributed by atoms with van der Waals surface area (Å²) in [5.41, 5.74) is 3.57. The molecule has 214 valence electrons. The summed E-state index contributed by atoms with van der Waals surface area (Å²) in [5.74, 6) is -0.0759. The molecule has 4 amide bonds. The largest absolute Gasteiger partial charge is 0.339 e. The molecular formula is C31H42N6O3. The van der Waals surface area contributed by atoms with Crippen molar-refractivity contribution in [1.82, 2.24) is 25.3 Å². The number of carbonyl (C=O) groups is 3. The Labute approximate surface area is 236 Å². The molecule has 40 heavy (non-hydrogen) atoms. The van der Waals surface area contributed by atoms with Crippen LogP contribution in [0.5, 0.6) is 0 Å². The van der Waals surface area contributed by atoms with Crippen LogP contribution in [0.1, 0.15) is 80.4 Å². The normalized spacial score (nSPS) is 24.5. The van der Waals surface area contributed by atoms with E-state index in [9.17, 15) is 14.4 Å². The second kappa shape index (κ2) is 10.2. The third-order valence-electron chi connectivity index (χ3n) is 10.1. The molecule has 3 fully saturated rings. The molecule has 1 saturated heterocycles. The van der Waals surface area contributed by atoms with Crippen molar-refractivity contribution >= 4 is 23.5 Å². The molecule has 6 rings (SSSR count). The van der Waals surface area contributed by atoms with E-state index in [4.69, 9.17) is 0 Å². The number of hydrogen-bond donors (Lipinski definition) is 3. The van der Waals surface area contributed by atoms with E-state index in [1.807, 2.05) is 6.07 Å². The predicted molar refractivity (Wildman–Crippen MR) is 153 cm³/mol. The average molecular weight is 547 g/mol. The third-order valence-corrected chi connectivity index (χ3v) is 10.1. The number of aryl methyl sites for hydroxylation is 1. The quantitative estimate of drug-likeness (QED) is 0.487. The SMILES string of the molecule is CC(C)C1(N2CC3(CC3)CNC2=O)Cc2ccc(NC(=O)[C@@H](NC(=O)c3ccnn3C)C3CCCCC3)cc2C1. The Morgan fingerprint density at radius 1 is 1.07 bits per heavy atom. The highest BCUT2D eigenvalue weighted by Gasteiger charge is 2.55. The third kappa shape index (κ3) is 4.88. The lowest BCUT2D eigenvalue weighted by molar-refractivity contribution is -0.119. The maximum Gasteiger partial charge on any atom is 0.317 e. The zero-order chi connectivity index (χ0) is 28.1. The fraction of sp³-hybridized carbons (Fsp3) is 0.613. The minimum Gasteiger partial charge on any atom is -0.339 e. The fourth-order valence-electron chi connectivity index (χ4n) is 7.26. The molecule has 3 aliphatic carbocycles. The number of hydrogen-bond acceptors (Lipinski definition) is 4. The van der Waals surface area contributed by atoms with Crippen LogP contribution >= 0.6 is 0 Å². The Hall–Kier alpha value is -3.36. The van der Waals surface area contributed by atoms with Gasteiger partial charge in [0.05, 0.1) is 5.54 Å². The van der Waals surface area contributed by atoms with Crippen molar-refractivity contribution < 1.29 is 14.4 Å².